The fraction of sp³-hybridized carbons (Fsp3) is 0.300. The summed E-state index contributed by atoms with van der Waals surface area (Å²) >= 11 is 2.00. The third-order valence-electron chi connectivity index (χ3n) is 5.24. The highest BCUT2D eigenvalue weighted by Crippen LogP contribution is 2.35. The second-order valence-electron chi connectivity index (χ2n) is 7.40. The summed E-state index contributed by atoms with van der Waals surface area (Å²) in [5, 5.41) is 15.3. The lowest BCUT2D eigenvalue weighted by Crippen LogP contribution is -2.38. The minimum absolute atomic E-state index is 0.0468. The van der Waals surface area contributed by atoms with Gasteiger partial charge in [0.25, 0.3) is 11.8 Å². The van der Waals surface area contributed by atoms with E-state index in [0.29, 0.717) is 17.8 Å². The van der Waals surface area contributed by atoms with E-state index in [2.05, 4.69) is 15.3 Å². The first-order chi connectivity index (χ1) is 16.1. The molecule has 3 aromatic rings. The highest BCUT2D eigenvalue weighted by molar-refractivity contribution is 7.18. The summed E-state index contributed by atoms with van der Waals surface area (Å²) in [7, 11) is 0. The number of carbonyl (C=O) groups excluding carboxylic acids is 2. The van der Waals surface area contributed by atoms with Crippen LogP contribution < -0.4 is 5.32 Å². The van der Waals surface area contributed by atoms with Crippen LogP contribution in [0.2, 0.25) is 0 Å². The van der Waals surface area contributed by atoms with Gasteiger partial charge >= 0.3 is 11.2 Å². The van der Waals surface area contributed by atoms with Crippen molar-refractivity contribution in [3.05, 3.63) is 67.8 Å². The number of nitrogens with one attached hydrogen (secondary N) is 1. The van der Waals surface area contributed by atoms with Crippen LogP contribution in [0.25, 0.3) is 0 Å². The maximum atomic E-state index is 13.3. The molecule has 1 saturated heterocycles. The number of hydrogen-bond acceptors (Lipinski definition) is 8. The number of aromatic nitrogens is 2. The zero-order valence-corrected chi connectivity index (χ0v) is 18.9. The van der Waals surface area contributed by atoms with Crippen molar-refractivity contribution in [2.24, 2.45) is 0 Å². The van der Waals surface area contributed by atoms with Gasteiger partial charge in [0.05, 0.1) is 21.1 Å². The van der Waals surface area contributed by atoms with E-state index in [-0.39, 0.29) is 40.4 Å². The van der Waals surface area contributed by atoms with E-state index >= 15 is 0 Å². The summed E-state index contributed by atoms with van der Waals surface area (Å²) in [4.78, 5) is 44.8. The number of halogens is 3. The van der Waals surface area contributed by atoms with E-state index in [1.165, 1.54) is 34.4 Å². The topological polar surface area (TPSA) is 118 Å². The van der Waals surface area contributed by atoms with Gasteiger partial charge in [-0.15, -0.1) is 11.3 Å². The summed E-state index contributed by atoms with van der Waals surface area (Å²) in [5.74, 6) is -1.26. The van der Waals surface area contributed by atoms with Crippen LogP contribution >= 0.6 is 22.7 Å². The third kappa shape index (κ3) is 5.07. The monoisotopic (exact) mass is 511 g/mol. The molecule has 2 aromatic heterocycles. The van der Waals surface area contributed by atoms with Crippen molar-refractivity contribution in [2.75, 3.05) is 18.4 Å². The van der Waals surface area contributed by atoms with Gasteiger partial charge in [0, 0.05) is 24.4 Å². The van der Waals surface area contributed by atoms with Gasteiger partial charge in [0.2, 0.25) is 0 Å². The summed E-state index contributed by atoms with van der Waals surface area (Å²) < 4.78 is 39.8. The number of carbonyl (C=O) groups is 2. The zero-order chi connectivity index (χ0) is 24.5. The lowest BCUT2D eigenvalue weighted by molar-refractivity contribution is -0.380. The number of amides is 2. The molecule has 178 valence electrons. The molecule has 9 nitrogen and oxygen atoms in total. The quantitative estimate of drug-likeness (QED) is 0.388. The number of benzene rings is 1. The number of piperidine rings is 1. The second kappa shape index (κ2) is 9.46. The first-order valence-electron chi connectivity index (χ1n) is 9.96. The number of likely N-dealkylation sites (tertiary alicyclic amines) is 1. The van der Waals surface area contributed by atoms with Crippen molar-refractivity contribution in [3.63, 3.8) is 0 Å². The first kappa shape index (κ1) is 23.8. The number of hydrogen-bond donors (Lipinski definition) is 1. The Balaban J connectivity index is 1.37. The molecule has 0 atom stereocenters. The molecular formula is C20H16F3N5O4S2. The van der Waals surface area contributed by atoms with Crippen LogP contribution in [0.3, 0.4) is 0 Å². The molecule has 0 aliphatic carbocycles. The van der Waals surface area contributed by atoms with E-state index < -0.39 is 28.5 Å². The number of alkyl halides is 3. The van der Waals surface area contributed by atoms with Crippen LogP contribution in [0.15, 0.2) is 35.8 Å². The summed E-state index contributed by atoms with van der Waals surface area (Å²) in [6, 6.07) is 4.73. The molecule has 1 aromatic carbocycles. The van der Waals surface area contributed by atoms with Crippen molar-refractivity contribution in [1.82, 2.24) is 14.9 Å². The molecule has 0 radical (unpaired) electrons. The minimum Gasteiger partial charge on any atom is -0.339 e. The maximum Gasteiger partial charge on any atom is 0.417 e. The summed E-state index contributed by atoms with van der Waals surface area (Å²) in [5.41, 5.74) is -1.19. The molecule has 1 fully saturated rings. The van der Waals surface area contributed by atoms with Crippen molar-refractivity contribution in [3.8, 4) is 0 Å². The Morgan fingerprint density at radius 2 is 1.91 bits per heavy atom. The smallest absolute Gasteiger partial charge is 0.339 e. The third-order valence-corrected chi connectivity index (χ3v) is 7.11. The lowest BCUT2D eigenvalue weighted by Gasteiger charge is -2.31. The summed E-state index contributed by atoms with van der Waals surface area (Å²) in [6.07, 6.45) is -2.58. The molecule has 3 heterocycles. The van der Waals surface area contributed by atoms with Crippen LogP contribution in [-0.4, -0.2) is 44.7 Å². The van der Waals surface area contributed by atoms with Crippen LogP contribution in [0.4, 0.5) is 23.3 Å². The number of rotatable bonds is 5. The molecular weight excluding hydrogens is 495 g/mol. The van der Waals surface area contributed by atoms with Gasteiger partial charge in [-0.1, -0.05) is 12.1 Å². The van der Waals surface area contributed by atoms with Gasteiger partial charge < -0.3 is 4.90 Å². The van der Waals surface area contributed by atoms with Crippen molar-refractivity contribution in [1.29, 1.82) is 0 Å². The van der Waals surface area contributed by atoms with Gasteiger partial charge in [-0.3, -0.25) is 25.0 Å². The first-order valence-corrected chi connectivity index (χ1v) is 11.7. The van der Waals surface area contributed by atoms with Gasteiger partial charge in [-0.2, -0.15) is 13.2 Å². The second-order valence-corrected chi connectivity index (χ2v) is 9.29. The Morgan fingerprint density at radius 3 is 2.56 bits per heavy atom. The molecule has 0 unspecified atom stereocenters. The van der Waals surface area contributed by atoms with Gasteiger partial charge in [-0.05, 0) is 36.3 Å². The fourth-order valence-electron chi connectivity index (χ4n) is 3.57. The van der Waals surface area contributed by atoms with Crippen molar-refractivity contribution < 1.29 is 27.7 Å². The van der Waals surface area contributed by atoms with E-state index in [1.54, 1.807) is 5.38 Å². The molecule has 4 rings (SSSR count). The van der Waals surface area contributed by atoms with Crippen LogP contribution in [0.5, 0.6) is 0 Å². The van der Waals surface area contributed by atoms with E-state index in [4.69, 9.17) is 0 Å². The molecule has 14 heteroatoms. The zero-order valence-electron chi connectivity index (χ0n) is 17.2. The molecule has 2 amide bonds. The Kier molecular flexibility index (Phi) is 6.61. The summed E-state index contributed by atoms with van der Waals surface area (Å²) in [6.45, 7) is 0.527. The molecule has 34 heavy (non-hydrogen) atoms. The molecule has 0 bridgehead atoms. The lowest BCUT2D eigenvalue weighted by atomic mass is 9.96. The number of anilines is 1. The highest BCUT2D eigenvalue weighted by atomic mass is 32.1. The predicted molar refractivity (Wildman–Crippen MR) is 118 cm³/mol. The maximum absolute atomic E-state index is 13.3. The number of thiazole rings is 2. The molecule has 1 N–H and O–H groups in total. The Bertz CT molecular complexity index is 1230. The van der Waals surface area contributed by atoms with Crippen molar-refractivity contribution in [2.45, 2.75) is 24.9 Å². The minimum atomic E-state index is -4.62. The Morgan fingerprint density at radius 1 is 1.21 bits per heavy atom. The van der Waals surface area contributed by atoms with Crippen LogP contribution in [0.1, 0.15) is 50.2 Å². The normalized spacial score (nSPS) is 14.7. The largest absolute Gasteiger partial charge is 0.417 e. The number of nitro groups is 1. The Hall–Kier alpha value is -3.39. The van der Waals surface area contributed by atoms with Gasteiger partial charge in [-0.25, -0.2) is 9.97 Å². The average molecular weight is 512 g/mol. The number of nitrogens with zero attached hydrogens (tertiary/aromatic N) is 4. The van der Waals surface area contributed by atoms with Gasteiger partial charge in [0.1, 0.15) is 11.9 Å². The van der Waals surface area contributed by atoms with Gasteiger partial charge in [0.15, 0.2) is 5.13 Å². The molecule has 1 aliphatic heterocycles. The van der Waals surface area contributed by atoms with Crippen molar-refractivity contribution >= 4 is 44.6 Å². The predicted octanol–water partition coefficient (Wildman–Crippen LogP) is 4.80. The molecule has 0 spiro atoms. The SMILES string of the molecule is O=C(Nc1ncc([N+](=O)[O-])s1)c1csc(C2CCN(C(=O)c3ccccc3C(F)(F)F)CC2)n1. The van der Waals surface area contributed by atoms with E-state index in [9.17, 15) is 32.9 Å². The Labute approximate surface area is 198 Å². The highest BCUT2D eigenvalue weighted by Gasteiger charge is 2.36. The van der Waals surface area contributed by atoms with Crippen LogP contribution in [-0.2, 0) is 6.18 Å². The average Bonchev–Trinajstić information content (AvgIpc) is 3.48. The molecule has 1 aliphatic rings. The van der Waals surface area contributed by atoms with E-state index in [1.807, 2.05) is 0 Å². The van der Waals surface area contributed by atoms with E-state index in [0.717, 1.165) is 23.6 Å². The molecule has 0 saturated carbocycles. The van der Waals surface area contributed by atoms with Crippen LogP contribution in [0, 0.1) is 10.1 Å². The standard InChI is InChI=1S/C20H16F3N5O4S2/c21-20(22,23)13-4-2-1-3-12(13)18(30)27-7-5-11(6-8-27)17-25-14(10-33-17)16(29)26-19-24-9-15(34-19)28(31)32/h1-4,9-11H,5-8H2,(H,24,26,29). The fourth-order valence-corrected chi connectivity index (χ4v) is 5.16.